The van der Waals surface area contributed by atoms with Gasteiger partial charge in [0.15, 0.2) is 0 Å². The highest BCUT2D eigenvalue weighted by atomic mass is 16.3. The van der Waals surface area contributed by atoms with Gasteiger partial charge in [-0.15, -0.1) is 13.2 Å². The highest BCUT2D eigenvalue weighted by Gasteiger charge is 2.13. The van der Waals surface area contributed by atoms with Crippen molar-refractivity contribution in [3.8, 4) is 0 Å². The van der Waals surface area contributed by atoms with Crippen molar-refractivity contribution in [2.24, 2.45) is 0 Å². The molecule has 0 aromatic carbocycles. The summed E-state index contributed by atoms with van der Waals surface area (Å²) in [6.45, 7) is 6.37. The number of rotatable bonds is 6. The molecule has 1 aromatic heterocycles. The third-order valence-corrected chi connectivity index (χ3v) is 2.33. The van der Waals surface area contributed by atoms with Crippen molar-refractivity contribution < 1.29 is 5.11 Å². The molecular weight excluding hydrogens is 238 g/mol. The van der Waals surface area contributed by atoms with Crippen molar-refractivity contribution in [3.63, 3.8) is 0 Å². The topological polar surface area (TPSA) is 86.2 Å². The standard InChI is InChI=1S/C11H15N3O4/c1-3-5-12-9(16)13(6-4-2)11(18)14(7-8-15)10(12)17/h3-4,15H,1-2,5-8H2. The van der Waals surface area contributed by atoms with Gasteiger partial charge in [-0.05, 0) is 0 Å². The minimum Gasteiger partial charge on any atom is -0.395 e. The van der Waals surface area contributed by atoms with Crippen molar-refractivity contribution in [3.05, 3.63) is 56.8 Å². The molecule has 0 fully saturated rings. The van der Waals surface area contributed by atoms with Gasteiger partial charge in [0, 0.05) is 0 Å². The number of hydrogen-bond acceptors (Lipinski definition) is 4. The fourth-order valence-corrected chi connectivity index (χ4v) is 1.54. The van der Waals surface area contributed by atoms with E-state index in [0.717, 1.165) is 13.7 Å². The Morgan fingerprint density at radius 1 is 0.889 bits per heavy atom. The van der Waals surface area contributed by atoms with Crippen molar-refractivity contribution in [2.45, 2.75) is 19.6 Å². The van der Waals surface area contributed by atoms with Crippen LogP contribution in [0.4, 0.5) is 0 Å². The van der Waals surface area contributed by atoms with Gasteiger partial charge in [-0.25, -0.2) is 28.1 Å². The Hall–Kier alpha value is -2.15. The molecule has 1 aromatic rings. The fourth-order valence-electron chi connectivity index (χ4n) is 1.54. The molecule has 0 aliphatic rings. The van der Waals surface area contributed by atoms with Gasteiger partial charge in [0.1, 0.15) is 0 Å². The average molecular weight is 253 g/mol. The van der Waals surface area contributed by atoms with E-state index >= 15 is 0 Å². The predicted octanol–water partition coefficient (Wildman–Crippen LogP) is -1.46. The Bertz CT molecular complexity index is 572. The summed E-state index contributed by atoms with van der Waals surface area (Å²) in [5, 5.41) is 8.84. The van der Waals surface area contributed by atoms with Gasteiger partial charge in [0.2, 0.25) is 0 Å². The minimum atomic E-state index is -0.751. The van der Waals surface area contributed by atoms with Crippen LogP contribution in [0.1, 0.15) is 0 Å². The Balaban J connectivity index is 3.69. The maximum absolute atomic E-state index is 11.9. The largest absolute Gasteiger partial charge is 0.395 e. The molecule has 0 bridgehead atoms. The molecule has 7 heteroatoms. The summed E-state index contributed by atoms with van der Waals surface area (Å²) in [7, 11) is 0. The van der Waals surface area contributed by atoms with Gasteiger partial charge in [0.25, 0.3) is 0 Å². The smallest absolute Gasteiger partial charge is 0.336 e. The molecule has 98 valence electrons. The second kappa shape index (κ2) is 5.97. The van der Waals surface area contributed by atoms with E-state index in [0.29, 0.717) is 0 Å². The van der Waals surface area contributed by atoms with E-state index in [1.807, 2.05) is 0 Å². The van der Waals surface area contributed by atoms with E-state index in [2.05, 4.69) is 13.2 Å². The van der Waals surface area contributed by atoms with E-state index in [9.17, 15) is 14.4 Å². The van der Waals surface area contributed by atoms with Gasteiger partial charge in [-0.3, -0.25) is 0 Å². The summed E-state index contributed by atoms with van der Waals surface area (Å²) in [5.41, 5.74) is -2.21. The number of hydrogen-bond donors (Lipinski definition) is 1. The van der Waals surface area contributed by atoms with Crippen LogP contribution in [0.25, 0.3) is 0 Å². The molecule has 0 aliphatic carbocycles. The second-order valence-electron chi connectivity index (χ2n) is 3.52. The Morgan fingerprint density at radius 2 is 1.28 bits per heavy atom. The van der Waals surface area contributed by atoms with Gasteiger partial charge in [-0.2, -0.15) is 0 Å². The molecule has 0 spiro atoms. The molecule has 0 saturated heterocycles. The maximum Gasteiger partial charge on any atom is 0.336 e. The monoisotopic (exact) mass is 253 g/mol. The highest BCUT2D eigenvalue weighted by Crippen LogP contribution is 1.78. The van der Waals surface area contributed by atoms with Crippen LogP contribution in [0, 0.1) is 0 Å². The third-order valence-electron chi connectivity index (χ3n) is 2.33. The van der Waals surface area contributed by atoms with Crippen LogP contribution in [0.5, 0.6) is 0 Å². The predicted molar refractivity (Wildman–Crippen MR) is 66.7 cm³/mol. The first kappa shape index (κ1) is 13.9. The molecule has 1 heterocycles. The van der Waals surface area contributed by atoms with Crippen molar-refractivity contribution in [1.29, 1.82) is 0 Å². The summed E-state index contributed by atoms with van der Waals surface area (Å²) in [5.74, 6) is 0. The lowest BCUT2D eigenvalue weighted by atomic mass is 10.5. The Labute approximate surface area is 103 Å². The molecule has 1 rings (SSSR count). The lowest BCUT2D eigenvalue weighted by Gasteiger charge is -2.10. The van der Waals surface area contributed by atoms with Crippen LogP contribution in [-0.4, -0.2) is 25.4 Å². The molecule has 0 radical (unpaired) electrons. The molecule has 0 unspecified atom stereocenters. The molecule has 0 amide bonds. The lowest BCUT2D eigenvalue weighted by molar-refractivity contribution is 0.265. The van der Waals surface area contributed by atoms with Crippen LogP contribution in [0.3, 0.4) is 0 Å². The first-order valence-electron chi connectivity index (χ1n) is 5.35. The summed E-state index contributed by atoms with van der Waals surface area (Å²) >= 11 is 0. The molecule has 1 N–H and O–H groups in total. The van der Waals surface area contributed by atoms with E-state index in [1.165, 1.54) is 12.2 Å². The minimum absolute atomic E-state index is 0.000514. The number of aliphatic hydroxyl groups is 1. The molecule has 0 saturated carbocycles. The van der Waals surface area contributed by atoms with E-state index in [1.54, 1.807) is 0 Å². The maximum atomic E-state index is 11.9. The lowest BCUT2D eigenvalue weighted by Crippen LogP contribution is -2.54. The van der Waals surface area contributed by atoms with E-state index in [-0.39, 0.29) is 26.2 Å². The zero-order valence-electron chi connectivity index (χ0n) is 9.91. The number of aliphatic hydroxyl groups excluding tert-OH is 1. The molecule has 7 nitrogen and oxygen atoms in total. The van der Waals surface area contributed by atoms with Crippen molar-refractivity contribution in [1.82, 2.24) is 13.7 Å². The number of allylic oxidation sites excluding steroid dienone is 2. The van der Waals surface area contributed by atoms with Gasteiger partial charge in [0.05, 0.1) is 26.2 Å². The van der Waals surface area contributed by atoms with Crippen LogP contribution in [0.15, 0.2) is 39.7 Å². The van der Waals surface area contributed by atoms with Gasteiger partial charge >= 0.3 is 17.1 Å². The van der Waals surface area contributed by atoms with Gasteiger partial charge in [-0.1, -0.05) is 12.2 Å². The number of nitrogens with zero attached hydrogens (tertiary/aromatic N) is 3. The van der Waals surface area contributed by atoms with E-state index < -0.39 is 17.1 Å². The van der Waals surface area contributed by atoms with Crippen LogP contribution >= 0.6 is 0 Å². The van der Waals surface area contributed by atoms with Crippen LogP contribution < -0.4 is 17.1 Å². The van der Waals surface area contributed by atoms with E-state index in [4.69, 9.17) is 5.11 Å². The summed E-state index contributed by atoms with van der Waals surface area (Å²) in [6.07, 6.45) is 2.77. The van der Waals surface area contributed by atoms with Crippen molar-refractivity contribution in [2.75, 3.05) is 6.61 Å². The Kier molecular flexibility index (Phi) is 4.61. The first-order chi connectivity index (χ1) is 8.58. The zero-order valence-corrected chi connectivity index (χ0v) is 9.91. The first-order valence-corrected chi connectivity index (χ1v) is 5.35. The fraction of sp³-hybridized carbons (Fsp3) is 0.364. The third kappa shape index (κ3) is 2.40. The normalized spacial score (nSPS) is 10.3. The second-order valence-corrected chi connectivity index (χ2v) is 3.52. The zero-order chi connectivity index (χ0) is 13.7. The summed E-state index contributed by atoms with van der Waals surface area (Å²) in [6, 6.07) is 0. The molecule has 18 heavy (non-hydrogen) atoms. The molecular formula is C11H15N3O4. The average Bonchev–Trinajstić information content (AvgIpc) is 2.35. The van der Waals surface area contributed by atoms with Crippen LogP contribution in [0.2, 0.25) is 0 Å². The molecule has 0 aliphatic heterocycles. The van der Waals surface area contributed by atoms with Crippen LogP contribution in [-0.2, 0) is 19.6 Å². The SMILES string of the molecule is C=CCn1c(=O)n(CC=C)c(=O)n(CCO)c1=O. The summed E-state index contributed by atoms with van der Waals surface area (Å²) in [4.78, 5) is 35.7. The molecule has 0 atom stereocenters. The van der Waals surface area contributed by atoms with Crippen molar-refractivity contribution >= 4 is 0 Å². The Morgan fingerprint density at radius 3 is 1.61 bits per heavy atom. The van der Waals surface area contributed by atoms with Gasteiger partial charge < -0.3 is 5.11 Å². The quantitative estimate of drug-likeness (QED) is 0.627. The summed E-state index contributed by atoms with van der Waals surface area (Å²) < 4.78 is 2.58. The highest BCUT2D eigenvalue weighted by molar-refractivity contribution is 4.84. The number of aromatic nitrogens is 3.